The van der Waals surface area contributed by atoms with Crippen LogP contribution in [-0.2, 0) is 14.3 Å². The SMILES string of the molecule is CC1(C)[C@@H](O)CC[C@]2(C)[C@H]3C(=O)C=C4[C@@H]5C[C@@](C)(C(=O)OCC6CCC[N+]6(C)C)CC[C@]5(C)CC[C@@]4(C)[C@]3(C)CC[C@@H]12. The Hall–Kier alpha value is -1.20. The quantitative estimate of drug-likeness (QED) is 0.285. The number of ether oxygens (including phenoxy) is 1. The lowest BCUT2D eigenvalue weighted by Gasteiger charge is -2.70. The van der Waals surface area contributed by atoms with Gasteiger partial charge in [-0.3, -0.25) is 9.59 Å². The molecule has 236 valence electrons. The number of hydrogen-bond acceptors (Lipinski definition) is 4. The third-order valence-electron chi connectivity index (χ3n) is 15.7. The van der Waals surface area contributed by atoms with Gasteiger partial charge < -0.3 is 14.3 Å². The molecule has 5 aliphatic carbocycles. The monoisotopic (exact) mass is 582 g/mol. The summed E-state index contributed by atoms with van der Waals surface area (Å²) in [6.07, 6.45) is 12.9. The molecule has 1 N–H and O–H groups in total. The van der Waals surface area contributed by atoms with Crippen LogP contribution in [0.3, 0.4) is 0 Å². The number of carbonyl (C=O) groups excluding carboxylic acids is 2. The lowest BCUT2D eigenvalue weighted by atomic mass is 9.33. The number of likely N-dealkylation sites (N-methyl/N-ethyl adjacent to an activating group) is 1. The van der Waals surface area contributed by atoms with Crippen LogP contribution in [0.2, 0.25) is 0 Å². The number of quaternary nitrogens is 1. The molecule has 4 saturated carbocycles. The first-order valence-corrected chi connectivity index (χ1v) is 17.3. The fourth-order valence-corrected chi connectivity index (χ4v) is 12.3. The molecule has 0 aromatic rings. The van der Waals surface area contributed by atoms with Crippen molar-refractivity contribution in [2.75, 3.05) is 27.2 Å². The van der Waals surface area contributed by atoms with Gasteiger partial charge in [0.2, 0.25) is 0 Å². The summed E-state index contributed by atoms with van der Waals surface area (Å²) in [6, 6.07) is 0.391. The predicted octanol–water partition coefficient (Wildman–Crippen LogP) is 7.11. The van der Waals surface area contributed by atoms with Gasteiger partial charge in [-0.1, -0.05) is 47.1 Å². The van der Waals surface area contributed by atoms with Crippen LogP contribution in [0.1, 0.15) is 119 Å². The zero-order valence-electron chi connectivity index (χ0n) is 28.3. The van der Waals surface area contributed by atoms with Gasteiger partial charge in [0.1, 0.15) is 12.6 Å². The first-order valence-electron chi connectivity index (χ1n) is 17.3. The van der Waals surface area contributed by atoms with Crippen molar-refractivity contribution in [1.29, 1.82) is 0 Å². The van der Waals surface area contributed by atoms with E-state index in [4.69, 9.17) is 4.74 Å². The molecule has 1 unspecified atom stereocenters. The Morgan fingerprint density at radius 3 is 2.31 bits per heavy atom. The summed E-state index contributed by atoms with van der Waals surface area (Å²) in [5, 5.41) is 11.0. The van der Waals surface area contributed by atoms with Crippen molar-refractivity contribution in [3.63, 3.8) is 0 Å². The van der Waals surface area contributed by atoms with E-state index in [1.807, 2.05) is 0 Å². The lowest BCUT2D eigenvalue weighted by Crippen LogP contribution is -2.66. The Balaban J connectivity index is 1.31. The largest absolute Gasteiger partial charge is 0.459 e. The van der Waals surface area contributed by atoms with E-state index >= 15 is 0 Å². The predicted molar refractivity (Wildman–Crippen MR) is 166 cm³/mol. The summed E-state index contributed by atoms with van der Waals surface area (Å²) >= 11 is 0. The van der Waals surface area contributed by atoms with Crippen LogP contribution in [0.5, 0.6) is 0 Å². The summed E-state index contributed by atoms with van der Waals surface area (Å²) < 4.78 is 7.08. The molecule has 1 heterocycles. The average Bonchev–Trinajstić information content (AvgIpc) is 3.24. The normalized spacial score (nSPS) is 51.0. The van der Waals surface area contributed by atoms with E-state index in [9.17, 15) is 14.7 Å². The van der Waals surface area contributed by atoms with Crippen LogP contribution in [0.4, 0.5) is 0 Å². The Kier molecular flexibility index (Phi) is 6.90. The molecule has 5 heteroatoms. The second-order valence-electron chi connectivity index (χ2n) is 18.5. The summed E-state index contributed by atoms with van der Waals surface area (Å²) in [4.78, 5) is 28.3. The van der Waals surface area contributed by atoms with Crippen molar-refractivity contribution < 1.29 is 23.9 Å². The minimum absolute atomic E-state index is 0.0125. The van der Waals surface area contributed by atoms with Crippen LogP contribution in [0.25, 0.3) is 0 Å². The van der Waals surface area contributed by atoms with Crippen LogP contribution < -0.4 is 0 Å². The summed E-state index contributed by atoms with van der Waals surface area (Å²) in [6.45, 7) is 18.0. The Morgan fingerprint density at radius 2 is 1.64 bits per heavy atom. The molecule has 42 heavy (non-hydrogen) atoms. The van der Waals surface area contributed by atoms with Gasteiger partial charge in [0, 0.05) is 18.8 Å². The highest BCUT2D eigenvalue weighted by molar-refractivity contribution is 5.95. The van der Waals surface area contributed by atoms with Gasteiger partial charge in [-0.2, -0.15) is 0 Å². The Morgan fingerprint density at radius 1 is 0.952 bits per heavy atom. The molecule has 0 amide bonds. The average molecular weight is 583 g/mol. The number of hydrogen-bond donors (Lipinski definition) is 1. The summed E-state index contributed by atoms with van der Waals surface area (Å²) in [5.74, 6) is 0.871. The maximum Gasteiger partial charge on any atom is 0.312 e. The lowest BCUT2D eigenvalue weighted by molar-refractivity contribution is -0.902. The number of aliphatic hydroxyl groups is 1. The van der Waals surface area contributed by atoms with Crippen LogP contribution >= 0.6 is 0 Å². The minimum Gasteiger partial charge on any atom is -0.459 e. The van der Waals surface area contributed by atoms with E-state index in [0.717, 1.165) is 75.2 Å². The second-order valence-corrected chi connectivity index (χ2v) is 18.5. The molecule has 0 aromatic carbocycles. The van der Waals surface area contributed by atoms with E-state index < -0.39 is 5.41 Å². The van der Waals surface area contributed by atoms with E-state index in [2.05, 4.69) is 68.6 Å². The molecule has 0 radical (unpaired) electrons. The van der Waals surface area contributed by atoms with Gasteiger partial charge in [0.25, 0.3) is 0 Å². The molecule has 1 saturated heterocycles. The maximum absolute atomic E-state index is 14.5. The van der Waals surface area contributed by atoms with Crippen molar-refractivity contribution in [2.45, 2.75) is 131 Å². The fraction of sp³-hybridized carbons (Fsp3) is 0.892. The van der Waals surface area contributed by atoms with Crippen LogP contribution in [-0.4, -0.2) is 60.7 Å². The van der Waals surface area contributed by atoms with E-state index in [1.165, 1.54) is 12.0 Å². The van der Waals surface area contributed by atoms with E-state index in [0.29, 0.717) is 24.3 Å². The van der Waals surface area contributed by atoms with Crippen molar-refractivity contribution >= 4 is 11.8 Å². The zero-order valence-corrected chi connectivity index (χ0v) is 28.3. The third-order valence-corrected chi connectivity index (χ3v) is 15.7. The molecule has 5 fully saturated rings. The molecule has 10 atom stereocenters. The van der Waals surface area contributed by atoms with Gasteiger partial charge in [-0.15, -0.1) is 0 Å². The first-order chi connectivity index (χ1) is 19.3. The molecule has 6 rings (SSSR count). The smallest absolute Gasteiger partial charge is 0.312 e. The van der Waals surface area contributed by atoms with Gasteiger partial charge >= 0.3 is 5.97 Å². The Bertz CT molecular complexity index is 1190. The highest BCUT2D eigenvalue weighted by Gasteiger charge is 2.70. The second kappa shape index (κ2) is 9.41. The maximum atomic E-state index is 14.5. The number of rotatable bonds is 3. The standard InChI is InChI=1S/C37H60NO4/c1-32(2)28-12-15-37(7)30(35(28,5)14-13-29(32)40)27(39)21-25-26-22-34(4,17-16-33(26,3)18-19-36(25,37)6)31(41)42-23-24-11-10-20-38(24,8)9/h21,24,26,28-30,40H,10-20,22-23H2,1-9H3/q+1/t24?,26-,28-,29-,30+,33+,34-,35-,36+,37+/m0/s1. The number of fused-ring (bicyclic) bond motifs is 7. The van der Waals surface area contributed by atoms with E-state index in [-0.39, 0.29) is 51.0 Å². The highest BCUT2D eigenvalue weighted by atomic mass is 16.5. The molecular weight excluding hydrogens is 522 g/mol. The van der Waals surface area contributed by atoms with Crippen molar-refractivity contribution in [2.24, 2.45) is 50.2 Å². The Labute approximate surface area is 255 Å². The molecule has 5 nitrogen and oxygen atoms in total. The van der Waals surface area contributed by atoms with Crippen molar-refractivity contribution in [3.8, 4) is 0 Å². The molecule has 1 aliphatic heterocycles. The van der Waals surface area contributed by atoms with Crippen molar-refractivity contribution in [1.82, 2.24) is 0 Å². The number of carbonyl (C=O) groups is 2. The minimum atomic E-state index is -0.507. The molecule has 6 aliphatic rings. The topological polar surface area (TPSA) is 63.6 Å². The van der Waals surface area contributed by atoms with Gasteiger partial charge in [0.15, 0.2) is 5.78 Å². The van der Waals surface area contributed by atoms with Crippen LogP contribution in [0, 0.1) is 50.2 Å². The first kappa shape index (κ1) is 30.8. The number of esters is 1. The highest BCUT2D eigenvalue weighted by Crippen LogP contribution is 2.75. The van der Waals surface area contributed by atoms with Crippen LogP contribution in [0.15, 0.2) is 11.6 Å². The van der Waals surface area contributed by atoms with Gasteiger partial charge in [-0.05, 0) is 110 Å². The number of nitrogens with zero attached hydrogens (tertiary/aromatic N) is 1. The number of allylic oxidation sites excluding steroid dienone is 2. The van der Waals surface area contributed by atoms with E-state index in [1.54, 1.807) is 0 Å². The molecule has 0 spiro atoms. The number of aliphatic hydroxyl groups excluding tert-OH is 1. The van der Waals surface area contributed by atoms with Crippen molar-refractivity contribution in [3.05, 3.63) is 11.6 Å². The van der Waals surface area contributed by atoms with Gasteiger partial charge in [0.05, 0.1) is 32.2 Å². The third kappa shape index (κ3) is 4.06. The summed E-state index contributed by atoms with van der Waals surface area (Å²) in [7, 11) is 4.51. The number of likely N-dealkylation sites (tertiary alicyclic amines) is 1. The summed E-state index contributed by atoms with van der Waals surface area (Å²) in [5.41, 5.74) is 0.518. The van der Waals surface area contributed by atoms with Gasteiger partial charge in [-0.25, -0.2) is 0 Å². The number of ketones is 1. The molecule has 0 aromatic heterocycles. The fourth-order valence-electron chi connectivity index (χ4n) is 12.3. The zero-order chi connectivity index (χ0) is 30.7. The molecule has 0 bridgehead atoms. The molecular formula is C37H60NO4+.